The summed E-state index contributed by atoms with van der Waals surface area (Å²) in [5, 5.41) is 0. The van der Waals surface area contributed by atoms with Crippen molar-refractivity contribution < 1.29 is 0 Å². The fraction of sp³-hybridized carbons (Fsp3) is 0.882. The largest absolute Gasteiger partial charge is 0.0885 e. The fourth-order valence-corrected chi connectivity index (χ4v) is 2.70. The van der Waals surface area contributed by atoms with Crippen molar-refractivity contribution in [2.24, 2.45) is 0 Å². The maximum absolute atomic E-state index is 2.48. The Balaban J connectivity index is 2.99. The lowest BCUT2D eigenvalue weighted by molar-refractivity contribution is 0.594. The zero-order valence-corrected chi connectivity index (χ0v) is 14.6. The number of rotatable bonds is 14. The minimum atomic E-state index is 1.30. The van der Waals surface area contributed by atoms with Gasteiger partial charge in [0.1, 0.15) is 0 Å². The lowest BCUT2D eigenvalue weighted by atomic mass is 10.1. The standard InChI is InChI=1S/C17H33I/c1-2-3-4-5-6-7-8-9-10-11-12-13-14-15-16-17-18/h7-8H,2-6,9-17H2,1H3/b8-7-. The van der Waals surface area contributed by atoms with Gasteiger partial charge in [-0.15, -0.1) is 0 Å². The number of allylic oxidation sites excluding steroid dienone is 2. The normalized spacial score (nSPS) is 11.4. The molecule has 0 atom stereocenters. The highest BCUT2D eigenvalue weighted by Gasteiger charge is 1.90. The smallest absolute Gasteiger partial charge is 0.000473 e. The molecule has 0 aromatic carbocycles. The summed E-state index contributed by atoms with van der Waals surface area (Å²) in [4.78, 5) is 0. The Bertz CT molecular complexity index is 163. The minimum Gasteiger partial charge on any atom is -0.0885 e. The molecular formula is C17H33I. The molecule has 1 heteroatoms. The van der Waals surface area contributed by atoms with Crippen LogP contribution in [0.5, 0.6) is 0 Å². The SMILES string of the molecule is CCCCCC/C=C\CCCCCCCCCI. The maximum atomic E-state index is 2.48. The van der Waals surface area contributed by atoms with E-state index < -0.39 is 0 Å². The third kappa shape index (κ3) is 16.5. The van der Waals surface area contributed by atoms with Gasteiger partial charge >= 0.3 is 0 Å². The van der Waals surface area contributed by atoms with Crippen molar-refractivity contribution in [3.63, 3.8) is 0 Å². The number of hydrogen-bond acceptors (Lipinski definition) is 0. The second kappa shape index (κ2) is 17.5. The van der Waals surface area contributed by atoms with Crippen LogP contribution in [0.4, 0.5) is 0 Å². The predicted molar refractivity (Wildman–Crippen MR) is 93.7 cm³/mol. The summed E-state index contributed by atoms with van der Waals surface area (Å²) in [6.45, 7) is 2.28. The molecule has 0 unspecified atom stereocenters. The van der Waals surface area contributed by atoms with Gasteiger partial charge in [0.15, 0.2) is 0 Å². The monoisotopic (exact) mass is 364 g/mol. The highest BCUT2D eigenvalue weighted by Crippen LogP contribution is 2.10. The van der Waals surface area contributed by atoms with Gasteiger partial charge < -0.3 is 0 Å². The molecule has 0 aromatic heterocycles. The summed E-state index contributed by atoms with van der Waals surface area (Å²) in [6, 6.07) is 0. The maximum Gasteiger partial charge on any atom is -0.000473 e. The molecule has 18 heavy (non-hydrogen) atoms. The molecule has 0 spiro atoms. The molecule has 0 heterocycles. The number of halogens is 1. The van der Waals surface area contributed by atoms with Crippen LogP contribution < -0.4 is 0 Å². The quantitative estimate of drug-likeness (QED) is 0.134. The van der Waals surface area contributed by atoms with Gasteiger partial charge in [-0.25, -0.2) is 0 Å². The molecule has 0 aliphatic rings. The van der Waals surface area contributed by atoms with Gasteiger partial charge in [0, 0.05) is 0 Å². The van der Waals surface area contributed by atoms with Crippen molar-refractivity contribution in [1.29, 1.82) is 0 Å². The van der Waals surface area contributed by atoms with Gasteiger partial charge in [-0.2, -0.15) is 0 Å². The molecule has 0 nitrogen and oxygen atoms in total. The first kappa shape index (κ1) is 18.5. The summed E-state index contributed by atoms with van der Waals surface area (Å²) < 4.78 is 1.33. The third-order valence-corrected chi connectivity index (χ3v) is 4.16. The van der Waals surface area contributed by atoms with Gasteiger partial charge in [0.2, 0.25) is 0 Å². The van der Waals surface area contributed by atoms with Crippen LogP contribution in [0.2, 0.25) is 0 Å². The van der Waals surface area contributed by atoms with Crippen LogP contribution in [-0.2, 0) is 0 Å². The van der Waals surface area contributed by atoms with Crippen LogP contribution in [0, 0.1) is 0 Å². The van der Waals surface area contributed by atoms with Crippen molar-refractivity contribution in [3.8, 4) is 0 Å². The summed E-state index contributed by atoms with van der Waals surface area (Å²) in [5.74, 6) is 0. The van der Waals surface area contributed by atoms with E-state index >= 15 is 0 Å². The average Bonchev–Trinajstić information content (AvgIpc) is 2.39. The van der Waals surface area contributed by atoms with Crippen molar-refractivity contribution in [2.45, 2.75) is 90.4 Å². The van der Waals surface area contributed by atoms with E-state index in [1.54, 1.807) is 0 Å². The van der Waals surface area contributed by atoms with Crippen LogP contribution in [-0.4, -0.2) is 4.43 Å². The molecular weight excluding hydrogens is 331 g/mol. The first-order valence-corrected chi connectivity index (χ1v) is 9.65. The lowest BCUT2D eigenvalue weighted by Crippen LogP contribution is -1.81. The predicted octanol–water partition coefficient (Wildman–Crippen LogP) is 7.07. The zero-order valence-electron chi connectivity index (χ0n) is 12.4. The van der Waals surface area contributed by atoms with E-state index in [1.165, 1.54) is 87.9 Å². The Hall–Kier alpha value is 0.470. The Morgan fingerprint density at radius 2 is 1.06 bits per heavy atom. The molecule has 0 aromatic rings. The summed E-state index contributed by atoms with van der Waals surface area (Å²) in [6.07, 6.45) is 23.0. The summed E-state index contributed by atoms with van der Waals surface area (Å²) in [7, 11) is 0. The molecule has 0 saturated heterocycles. The first-order chi connectivity index (χ1) is 8.91. The van der Waals surface area contributed by atoms with E-state index in [1.807, 2.05) is 0 Å². The van der Waals surface area contributed by atoms with Gasteiger partial charge in [0.05, 0.1) is 0 Å². The van der Waals surface area contributed by atoms with Crippen molar-refractivity contribution in [1.82, 2.24) is 0 Å². The molecule has 0 aliphatic heterocycles. The van der Waals surface area contributed by atoms with Crippen LogP contribution in [0.25, 0.3) is 0 Å². The molecule has 0 bridgehead atoms. The summed E-state index contributed by atoms with van der Waals surface area (Å²) >= 11 is 2.48. The van der Waals surface area contributed by atoms with E-state index in [-0.39, 0.29) is 0 Å². The highest BCUT2D eigenvalue weighted by molar-refractivity contribution is 14.1. The van der Waals surface area contributed by atoms with Gasteiger partial charge in [-0.1, -0.05) is 93.0 Å². The number of alkyl halides is 1. The number of hydrogen-bond donors (Lipinski definition) is 0. The van der Waals surface area contributed by atoms with Crippen molar-refractivity contribution in [2.75, 3.05) is 4.43 Å². The molecule has 0 fully saturated rings. The molecule has 0 rings (SSSR count). The Morgan fingerprint density at radius 3 is 1.56 bits per heavy atom. The molecule has 108 valence electrons. The summed E-state index contributed by atoms with van der Waals surface area (Å²) in [5.41, 5.74) is 0. The molecule has 0 aliphatic carbocycles. The van der Waals surface area contributed by atoms with E-state index in [4.69, 9.17) is 0 Å². The average molecular weight is 364 g/mol. The molecule has 0 saturated carbocycles. The van der Waals surface area contributed by atoms with Gasteiger partial charge in [-0.05, 0) is 36.5 Å². The van der Waals surface area contributed by atoms with Crippen LogP contribution in [0.1, 0.15) is 90.4 Å². The second-order valence-electron chi connectivity index (χ2n) is 5.27. The topological polar surface area (TPSA) is 0 Å². The Kier molecular flexibility index (Phi) is 17.9. The zero-order chi connectivity index (χ0) is 13.3. The van der Waals surface area contributed by atoms with E-state index in [0.717, 1.165) is 0 Å². The lowest BCUT2D eigenvalue weighted by Gasteiger charge is -1.99. The highest BCUT2D eigenvalue weighted by atomic mass is 127. The minimum absolute atomic E-state index is 1.30. The van der Waals surface area contributed by atoms with Crippen molar-refractivity contribution in [3.05, 3.63) is 12.2 Å². The van der Waals surface area contributed by atoms with E-state index in [9.17, 15) is 0 Å². The van der Waals surface area contributed by atoms with E-state index in [0.29, 0.717) is 0 Å². The molecule has 0 radical (unpaired) electrons. The fourth-order valence-electron chi connectivity index (χ4n) is 2.17. The Morgan fingerprint density at radius 1 is 0.611 bits per heavy atom. The Labute approximate surface area is 129 Å². The molecule has 0 N–H and O–H groups in total. The second-order valence-corrected chi connectivity index (χ2v) is 6.35. The van der Waals surface area contributed by atoms with Crippen LogP contribution in [0.15, 0.2) is 12.2 Å². The first-order valence-electron chi connectivity index (χ1n) is 8.12. The molecule has 0 amide bonds. The van der Waals surface area contributed by atoms with Crippen LogP contribution >= 0.6 is 22.6 Å². The van der Waals surface area contributed by atoms with Gasteiger partial charge in [-0.3, -0.25) is 0 Å². The van der Waals surface area contributed by atoms with E-state index in [2.05, 4.69) is 41.7 Å². The van der Waals surface area contributed by atoms with Crippen molar-refractivity contribution >= 4 is 22.6 Å². The number of unbranched alkanes of at least 4 members (excludes halogenated alkanes) is 11. The third-order valence-electron chi connectivity index (χ3n) is 3.40. The van der Waals surface area contributed by atoms with Crippen LogP contribution in [0.3, 0.4) is 0 Å². The van der Waals surface area contributed by atoms with Gasteiger partial charge in [0.25, 0.3) is 0 Å².